The van der Waals surface area contributed by atoms with E-state index in [9.17, 15) is 19.2 Å². The van der Waals surface area contributed by atoms with Gasteiger partial charge >= 0.3 is 12.0 Å². The van der Waals surface area contributed by atoms with Gasteiger partial charge in [0.25, 0.3) is 5.91 Å². The molecule has 0 aromatic heterocycles. The summed E-state index contributed by atoms with van der Waals surface area (Å²) in [6.07, 6.45) is 5.18. The van der Waals surface area contributed by atoms with Gasteiger partial charge in [-0.15, -0.1) is 0 Å². The second-order valence-corrected chi connectivity index (χ2v) is 12.5. The van der Waals surface area contributed by atoms with Gasteiger partial charge in [-0.25, -0.2) is 4.79 Å². The number of carboxylic acid groups (broad SMARTS) is 1. The number of carbonyl (C=O) groups excluding carboxylic acids is 3. The zero-order valence-corrected chi connectivity index (χ0v) is 27.1. The smallest absolute Gasteiger partial charge is 0.319 e. The third kappa shape index (κ3) is 9.82. The highest BCUT2D eigenvalue weighted by atomic mass is 16.5. The van der Waals surface area contributed by atoms with Crippen molar-refractivity contribution < 1.29 is 29.0 Å². The number of hydrogen-bond donors (Lipinski definition) is 4. The second-order valence-electron chi connectivity index (χ2n) is 12.5. The largest absolute Gasteiger partial charge is 0.484 e. The second kappa shape index (κ2) is 15.4. The molecule has 1 saturated carbocycles. The maximum atomic E-state index is 13.7. The zero-order valence-electron chi connectivity index (χ0n) is 27.1. The van der Waals surface area contributed by atoms with Crippen molar-refractivity contribution in [3.63, 3.8) is 0 Å². The summed E-state index contributed by atoms with van der Waals surface area (Å²) in [5.41, 5.74) is 5.41. The van der Waals surface area contributed by atoms with Gasteiger partial charge in [0, 0.05) is 29.7 Å². The minimum Gasteiger partial charge on any atom is -0.484 e. The Morgan fingerprint density at radius 3 is 2.39 bits per heavy atom. The minimum absolute atomic E-state index is 0.0820. The number of urea groups is 1. The number of aliphatic carboxylic acids is 1. The molecule has 1 fully saturated rings. The van der Waals surface area contributed by atoms with Crippen LogP contribution in [-0.2, 0) is 20.8 Å². The standard InChI is InChI=1S/C36H44N4O6/c1-24-16-25(2)26(3)31(17-24)39-32(41)22-46-30-13-9-12-29(20-30)40(23-36(4)14-6-5-7-15-36)33(42)21-37-35(45)38-28-11-8-10-27(18-28)19-34(43)44/h8-13,16-18,20H,5-7,14-15,19,21-23H2,1-4H3,(H,39,41)(H,43,44)(H2,37,38,45). The van der Waals surface area contributed by atoms with Crippen LogP contribution in [0.2, 0.25) is 0 Å². The summed E-state index contributed by atoms with van der Waals surface area (Å²) >= 11 is 0. The summed E-state index contributed by atoms with van der Waals surface area (Å²) in [6, 6.07) is 17.1. The van der Waals surface area contributed by atoms with Crippen LogP contribution in [-0.4, -0.2) is 48.6 Å². The van der Waals surface area contributed by atoms with E-state index in [0.29, 0.717) is 29.2 Å². The van der Waals surface area contributed by atoms with Gasteiger partial charge in [-0.3, -0.25) is 14.4 Å². The van der Waals surface area contributed by atoms with Crippen molar-refractivity contribution in [2.24, 2.45) is 5.41 Å². The van der Waals surface area contributed by atoms with Gasteiger partial charge in [-0.05, 0) is 91.6 Å². The van der Waals surface area contributed by atoms with E-state index in [-0.39, 0.29) is 36.8 Å². The topological polar surface area (TPSA) is 137 Å². The van der Waals surface area contributed by atoms with Crippen molar-refractivity contribution >= 4 is 40.9 Å². The zero-order chi connectivity index (χ0) is 33.3. The van der Waals surface area contributed by atoms with Crippen LogP contribution in [0.1, 0.15) is 61.3 Å². The molecule has 244 valence electrons. The number of ether oxygens (including phenoxy) is 1. The summed E-state index contributed by atoms with van der Waals surface area (Å²) in [4.78, 5) is 51.9. The number of carbonyl (C=O) groups is 4. The van der Waals surface area contributed by atoms with Crippen LogP contribution in [0.3, 0.4) is 0 Å². The van der Waals surface area contributed by atoms with Crippen LogP contribution >= 0.6 is 0 Å². The van der Waals surface area contributed by atoms with E-state index in [2.05, 4.69) is 28.9 Å². The number of nitrogens with one attached hydrogen (secondary N) is 3. The van der Waals surface area contributed by atoms with Gasteiger partial charge < -0.3 is 30.7 Å². The molecule has 4 amide bonds. The van der Waals surface area contributed by atoms with Crippen molar-refractivity contribution in [1.29, 1.82) is 0 Å². The number of carboxylic acids is 1. The normalized spacial score (nSPS) is 13.7. The average molecular weight is 629 g/mol. The van der Waals surface area contributed by atoms with Crippen LogP contribution in [0.5, 0.6) is 5.75 Å². The molecule has 1 aliphatic carbocycles. The Morgan fingerprint density at radius 2 is 1.65 bits per heavy atom. The van der Waals surface area contributed by atoms with Gasteiger partial charge in [0.05, 0.1) is 13.0 Å². The van der Waals surface area contributed by atoms with Gasteiger partial charge in [-0.1, -0.05) is 50.5 Å². The molecule has 0 unspecified atom stereocenters. The predicted octanol–water partition coefficient (Wildman–Crippen LogP) is 6.38. The van der Waals surface area contributed by atoms with Crippen LogP contribution in [0.4, 0.5) is 21.9 Å². The van der Waals surface area contributed by atoms with Crippen LogP contribution in [0.15, 0.2) is 60.7 Å². The lowest BCUT2D eigenvalue weighted by atomic mass is 9.75. The molecular weight excluding hydrogens is 584 g/mol. The molecule has 46 heavy (non-hydrogen) atoms. The summed E-state index contributed by atoms with van der Waals surface area (Å²) in [5.74, 6) is -1.10. The molecule has 0 spiro atoms. The number of nitrogens with zero attached hydrogens (tertiary/aromatic N) is 1. The van der Waals surface area contributed by atoms with Crippen LogP contribution in [0, 0.1) is 26.2 Å². The van der Waals surface area contributed by atoms with E-state index in [4.69, 9.17) is 9.84 Å². The first-order chi connectivity index (χ1) is 21.9. The number of anilines is 3. The van der Waals surface area contributed by atoms with E-state index in [1.54, 1.807) is 47.4 Å². The van der Waals surface area contributed by atoms with Crippen LogP contribution < -0.4 is 25.6 Å². The molecule has 3 aromatic rings. The van der Waals surface area contributed by atoms with Crippen molar-refractivity contribution in [3.8, 4) is 5.75 Å². The third-order valence-electron chi connectivity index (χ3n) is 8.43. The summed E-state index contributed by atoms with van der Waals surface area (Å²) in [5, 5.41) is 17.3. The molecule has 0 bridgehead atoms. The minimum atomic E-state index is -0.968. The number of amides is 4. The van der Waals surface area contributed by atoms with Gasteiger partial charge in [0.1, 0.15) is 5.75 Å². The molecule has 0 atom stereocenters. The van der Waals surface area contributed by atoms with E-state index in [1.165, 1.54) is 6.42 Å². The lowest BCUT2D eigenvalue weighted by molar-refractivity contribution is -0.136. The third-order valence-corrected chi connectivity index (χ3v) is 8.43. The molecule has 4 rings (SSSR count). The van der Waals surface area contributed by atoms with Gasteiger partial charge in [0.15, 0.2) is 6.61 Å². The molecule has 0 saturated heterocycles. The number of hydrogen-bond acceptors (Lipinski definition) is 5. The molecule has 4 N–H and O–H groups in total. The average Bonchev–Trinajstić information content (AvgIpc) is 3.00. The fraction of sp³-hybridized carbons (Fsp3) is 0.389. The molecule has 0 heterocycles. The SMILES string of the molecule is Cc1cc(C)c(C)c(NC(=O)COc2cccc(N(CC3(C)CCCCC3)C(=O)CNC(=O)Nc3cccc(CC(=O)O)c3)c2)c1. The number of benzene rings is 3. The molecule has 0 aliphatic heterocycles. The lowest BCUT2D eigenvalue weighted by Crippen LogP contribution is -2.46. The monoisotopic (exact) mass is 628 g/mol. The van der Waals surface area contributed by atoms with E-state index in [1.807, 2.05) is 32.9 Å². The Bertz CT molecular complexity index is 1580. The van der Waals surface area contributed by atoms with E-state index < -0.39 is 12.0 Å². The Labute approximate surface area is 270 Å². The fourth-order valence-electron chi connectivity index (χ4n) is 5.87. The molecular formula is C36H44N4O6. The van der Waals surface area contributed by atoms with Gasteiger partial charge in [0.2, 0.25) is 5.91 Å². The van der Waals surface area contributed by atoms with Gasteiger partial charge in [-0.2, -0.15) is 0 Å². The van der Waals surface area contributed by atoms with E-state index in [0.717, 1.165) is 48.1 Å². The van der Waals surface area contributed by atoms with E-state index >= 15 is 0 Å². The Balaban J connectivity index is 1.43. The molecule has 1 aliphatic rings. The van der Waals surface area contributed by atoms with Crippen molar-refractivity contribution in [3.05, 3.63) is 82.9 Å². The Kier molecular flexibility index (Phi) is 11.4. The molecule has 10 heteroatoms. The molecule has 0 radical (unpaired) electrons. The predicted molar refractivity (Wildman–Crippen MR) is 180 cm³/mol. The highest BCUT2D eigenvalue weighted by molar-refractivity contribution is 5.99. The number of rotatable bonds is 12. The maximum Gasteiger partial charge on any atom is 0.319 e. The Hall–Kier alpha value is -4.86. The quantitative estimate of drug-likeness (QED) is 0.184. The number of aryl methyl sites for hydroxylation is 2. The lowest BCUT2D eigenvalue weighted by Gasteiger charge is -2.38. The Morgan fingerprint density at radius 1 is 0.913 bits per heavy atom. The first-order valence-corrected chi connectivity index (χ1v) is 15.7. The summed E-state index contributed by atoms with van der Waals surface area (Å²) in [7, 11) is 0. The first-order valence-electron chi connectivity index (χ1n) is 15.7. The first kappa shape index (κ1) is 34.0. The van der Waals surface area contributed by atoms with Crippen molar-refractivity contribution in [2.75, 3.05) is 35.2 Å². The highest BCUT2D eigenvalue weighted by Crippen LogP contribution is 2.38. The fourth-order valence-corrected chi connectivity index (χ4v) is 5.87. The summed E-state index contributed by atoms with van der Waals surface area (Å²) in [6.45, 7) is 8.17. The van der Waals surface area contributed by atoms with Crippen LogP contribution in [0.25, 0.3) is 0 Å². The molecule has 10 nitrogen and oxygen atoms in total. The summed E-state index contributed by atoms with van der Waals surface area (Å²) < 4.78 is 5.86. The van der Waals surface area contributed by atoms with Crippen molar-refractivity contribution in [2.45, 2.75) is 66.2 Å². The maximum absolute atomic E-state index is 13.7. The molecule has 3 aromatic carbocycles. The highest BCUT2D eigenvalue weighted by Gasteiger charge is 2.32. The van der Waals surface area contributed by atoms with Crippen molar-refractivity contribution in [1.82, 2.24) is 5.32 Å².